The first-order valence-corrected chi connectivity index (χ1v) is 9.00. The summed E-state index contributed by atoms with van der Waals surface area (Å²) in [6.07, 6.45) is 4.58. The number of benzene rings is 2. The lowest BCUT2D eigenvalue weighted by Crippen LogP contribution is -2.50. The monoisotopic (exact) mass is 353 g/mol. The Morgan fingerprint density at radius 3 is 2.76 bits per heavy atom. The zero-order chi connectivity index (χ0) is 17.3. The molecule has 4 rings (SSSR count). The topological polar surface area (TPSA) is 29.5 Å². The van der Waals surface area contributed by atoms with E-state index in [-0.39, 0.29) is 11.5 Å². The molecule has 2 aliphatic heterocycles. The van der Waals surface area contributed by atoms with Crippen LogP contribution in [0.5, 0.6) is 0 Å². The highest BCUT2D eigenvalue weighted by atomic mass is 35.5. The summed E-state index contributed by atoms with van der Waals surface area (Å²) < 4.78 is 6.11. The van der Waals surface area contributed by atoms with E-state index in [9.17, 15) is 4.79 Å². The zero-order valence-corrected chi connectivity index (χ0v) is 14.7. The van der Waals surface area contributed by atoms with Crippen molar-refractivity contribution in [3.8, 4) is 0 Å². The van der Waals surface area contributed by atoms with Gasteiger partial charge in [-0.05, 0) is 48.2 Å². The average molecular weight is 354 g/mol. The molecular weight excluding hydrogens is 334 g/mol. The van der Waals surface area contributed by atoms with E-state index in [0.717, 1.165) is 47.5 Å². The Morgan fingerprint density at radius 2 is 1.96 bits per heavy atom. The van der Waals surface area contributed by atoms with Gasteiger partial charge in [0, 0.05) is 23.6 Å². The predicted molar refractivity (Wildman–Crippen MR) is 99.4 cm³/mol. The van der Waals surface area contributed by atoms with Crippen molar-refractivity contribution < 1.29 is 9.53 Å². The largest absolute Gasteiger partial charge is 0.492 e. The molecule has 0 bridgehead atoms. The molecule has 2 heterocycles. The maximum Gasteiger partial charge on any atom is 0.253 e. The molecule has 0 aliphatic carbocycles. The Balaban J connectivity index is 1.50. The number of carbonyl (C=O) groups excluding carboxylic acids is 1. The van der Waals surface area contributed by atoms with Crippen LogP contribution in [0, 0.1) is 0 Å². The van der Waals surface area contributed by atoms with E-state index in [0.29, 0.717) is 6.54 Å². The summed E-state index contributed by atoms with van der Waals surface area (Å²) >= 11 is 6.11. The minimum absolute atomic E-state index is 0.0829. The Labute approximate surface area is 152 Å². The molecule has 1 spiro atoms. The van der Waals surface area contributed by atoms with Gasteiger partial charge in [-0.15, -0.1) is 0 Å². The molecule has 3 nitrogen and oxygen atoms in total. The van der Waals surface area contributed by atoms with E-state index in [4.69, 9.17) is 16.3 Å². The number of hydrogen-bond acceptors (Lipinski definition) is 2. The van der Waals surface area contributed by atoms with Gasteiger partial charge in [-0.1, -0.05) is 41.9 Å². The summed E-state index contributed by atoms with van der Waals surface area (Å²) in [5.74, 6) is 0.0829. The summed E-state index contributed by atoms with van der Waals surface area (Å²) in [7, 11) is 0. The molecule has 1 saturated heterocycles. The Morgan fingerprint density at radius 1 is 1.12 bits per heavy atom. The first-order chi connectivity index (χ1) is 12.2. The van der Waals surface area contributed by atoms with Gasteiger partial charge in [-0.2, -0.15) is 0 Å². The van der Waals surface area contributed by atoms with Crippen molar-refractivity contribution in [2.45, 2.75) is 24.9 Å². The molecule has 1 atom stereocenters. The SMILES string of the molecule is O=C(c1ccccc1)N1CCCC2(CC(c3cccc(Cl)c3)=CO2)C1. The maximum atomic E-state index is 12.8. The second-order valence-corrected chi connectivity index (χ2v) is 7.26. The molecule has 0 N–H and O–H groups in total. The van der Waals surface area contributed by atoms with Crippen LogP contribution in [0.1, 0.15) is 35.2 Å². The van der Waals surface area contributed by atoms with Crippen LogP contribution in [0.4, 0.5) is 0 Å². The number of nitrogens with zero attached hydrogens (tertiary/aromatic N) is 1. The highest BCUT2D eigenvalue weighted by Gasteiger charge is 2.42. The van der Waals surface area contributed by atoms with E-state index in [2.05, 4.69) is 6.07 Å². The van der Waals surface area contributed by atoms with Crippen LogP contribution in [0.25, 0.3) is 5.57 Å². The van der Waals surface area contributed by atoms with Crippen molar-refractivity contribution >= 4 is 23.1 Å². The first kappa shape index (κ1) is 16.2. The van der Waals surface area contributed by atoms with Gasteiger partial charge in [0.15, 0.2) is 0 Å². The molecule has 25 heavy (non-hydrogen) atoms. The van der Waals surface area contributed by atoms with Crippen molar-refractivity contribution in [3.05, 3.63) is 77.0 Å². The van der Waals surface area contributed by atoms with E-state index in [1.54, 1.807) is 0 Å². The third kappa shape index (κ3) is 3.29. The van der Waals surface area contributed by atoms with Gasteiger partial charge in [0.25, 0.3) is 5.91 Å². The fourth-order valence-electron chi connectivity index (χ4n) is 3.76. The molecule has 2 aromatic rings. The number of carbonyl (C=O) groups is 1. The maximum absolute atomic E-state index is 12.8. The molecule has 0 aromatic heterocycles. The molecule has 4 heteroatoms. The van der Waals surface area contributed by atoms with Gasteiger partial charge in [-0.3, -0.25) is 4.79 Å². The van der Waals surface area contributed by atoms with Crippen LogP contribution in [-0.2, 0) is 4.74 Å². The smallest absolute Gasteiger partial charge is 0.253 e. The number of ether oxygens (including phenoxy) is 1. The highest BCUT2D eigenvalue weighted by molar-refractivity contribution is 6.30. The summed E-state index contributed by atoms with van der Waals surface area (Å²) in [5, 5.41) is 0.726. The van der Waals surface area contributed by atoms with Crippen LogP contribution < -0.4 is 0 Å². The van der Waals surface area contributed by atoms with Crippen LogP contribution in [0.2, 0.25) is 5.02 Å². The highest BCUT2D eigenvalue weighted by Crippen LogP contribution is 2.41. The minimum atomic E-state index is -0.305. The van der Waals surface area contributed by atoms with E-state index in [1.807, 2.05) is 59.7 Å². The quantitative estimate of drug-likeness (QED) is 0.777. The van der Waals surface area contributed by atoms with Gasteiger partial charge in [0.1, 0.15) is 5.60 Å². The summed E-state index contributed by atoms with van der Waals surface area (Å²) in [6.45, 7) is 1.41. The first-order valence-electron chi connectivity index (χ1n) is 8.62. The van der Waals surface area contributed by atoms with Gasteiger partial charge in [0.2, 0.25) is 0 Å². The van der Waals surface area contributed by atoms with Crippen molar-refractivity contribution in [3.63, 3.8) is 0 Å². The van der Waals surface area contributed by atoms with Gasteiger partial charge in [-0.25, -0.2) is 0 Å². The van der Waals surface area contributed by atoms with Crippen LogP contribution in [0.15, 0.2) is 60.9 Å². The predicted octanol–water partition coefficient (Wildman–Crippen LogP) is 4.78. The molecule has 0 radical (unpaired) electrons. The van der Waals surface area contributed by atoms with Crippen molar-refractivity contribution in [2.75, 3.05) is 13.1 Å². The van der Waals surface area contributed by atoms with Crippen molar-refractivity contribution in [1.29, 1.82) is 0 Å². The van der Waals surface area contributed by atoms with Gasteiger partial charge >= 0.3 is 0 Å². The average Bonchev–Trinajstić information content (AvgIpc) is 3.05. The molecule has 1 unspecified atom stereocenters. The fraction of sp³-hybridized carbons (Fsp3) is 0.286. The molecule has 2 aliphatic rings. The number of halogens is 1. The lowest BCUT2D eigenvalue weighted by atomic mass is 9.86. The van der Waals surface area contributed by atoms with E-state index < -0.39 is 0 Å². The number of piperidine rings is 1. The third-order valence-electron chi connectivity index (χ3n) is 5.01. The van der Waals surface area contributed by atoms with Crippen molar-refractivity contribution in [1.82, 2.24) is 4.90 Å². The zero-order valence-electron chi connectivity index (χ0n) is 14.0. The Bertz CT molecular complexity index is 818. The molecule has 1 fully saturated rings. The lowest BCUT2D eigenvalue weighted by molar-refractivity contribution is -0.0190. The number of amides is 1. The second kappa shape index (κ2) is 6.57. The van der Waals surface area contributed by atoms with E-state index >= 15 is 0 Å². The molecular formula is C21H20ClNO2. The van der Waals surface area contributed by atoms with Crippen molar-refractivity contribution in [2.24, 2.45) is 0 Å². The third-order valence-corrected chi connectivity index (χ3v) is 5.24. The summed E-state index contributed by atoms with van der Waals surface area (Å²) in [4.78, 5) is 14.7. The van der Waals surface area contributed by atoms with Gasteiger partial charge < -0.3 is 9.64 Å². The fourth-order valence-corrected chi connectivity index (χ4v) is 3.95. The molecule has 2 aromatic carbocycles. The van der Waals surface area contributed by atoms with E-state index in [1.165, 1.54) is 0 Å². The summed E-state index contributed by atoms with van der Waals surface area (Å²) in [6, 6.07) is 17.3. The van der Waals surface area contributed by atoms with Crippen LogP contribution in [0.3, 0.4) is 0 Å². The summed E-state index contributed by atoms with van der Waals surface area (Å²) in [5.41, 5.74) is 2.67. The molecule has 128 valence electrons. The van der Waals surface area contributed by atoms with Crippen LogP contribution in [-0.4, -0.2) is 29.5 Å². The minimum Gasteiger partial charge on any atom is -0.492 e. The normalized spacial score (nSPS) is 22.6. The van der Waals surface area contributed by atoms with Gasteiger partial charge in [0.05, 0.1) is 12.8 Å². The molecule has 0 saturated carbocycles. The second-order valence-electron chi connectivity index (χ2n) is 6.83. The number of rotatable bonds is 2. The number of likely N-dealkylation sites (tertiary alicyclic amines) is 1. The standard InChI is InChI=1S/C21H20ClNO2/c22-19-9-4-8-17(12-19)18-13-21(25-14-18)10-5-11-23(15-21)20(24)16-6-2-1-3-7-16/h1-4,6-9,12,14H,5,10-11,13,15H2. The molecule has 1 amide bonds. The number of hydrogen-bond donors (Lipinski definition) is 0. The Hall–Kier alpha value is -2.26. The lowest BCUT2D eigenvalue weighted by Gasteiger charge is -2.39. The van der Waals surface area contributed by atoms with Crippen LogP contribution >= 0.6 is 11.6 Å². The Kier molecular flexibility index (Phi) is 4.26.